The molecule has 0 atom stereocenters. The summed E-state index contributed by atoms with van der Waals surface area (Å²) in [5, 5.41) is 19.4. The zero-order chi connectivity index (χ0) is 18.0. The van der Waals surface area contributed by atoms with Gasteiger partial charge in [0.05, 0.1) is 0 Å². The SMILES string of the molecule is N#Cc1c(N)[nH]c(=O)c(C#N)c1-c1cccc(-c2cccc(Cl)c2)c1. The number of hydrogen-bond acceptors (Lipinski definition) is 4. The van der Waals surface area contributed by atoms with Gasteiger partial charge in [-0.3, -0.25) is 4.79 Å². The molecule has 0 saturated heterocycles. The lowest BCUT2D eigenvalue weighted by Gasteiger charge is -2.10. The summed E-state index contributed by atoms with van der Waals surface area (Å²) in [4.78, 5) is 14.4. The summed E-state index contributed by atoms with van der Waals surface area (Å²) in [5.41, 5.74) is 7.57. The van der Waals surface area contributed by atoms with Gasteiger partial charge in [0.1, 0.15) is 29.1 Å². The van der Waals surface area contributed by atoms with Crippen LogP contribution in [0.2, 0.25) is 5.02 Å². The Morgan fingerprint density at radius 1 is 0.920 bits per heavy atom. The number of aromatic amines is 1. The number of aromatic nitrogens is 1. The Kier molecular flexibility index (Phi) is 4.26. The summed E-state index contributed by atoms with van der Waals surface area (Å²) in [5.74, 6) is -0.0605. The van der Waals surface area contributed by atoms with Crippen molar-refractivity contribution in [1.82, 2.24) is 4.98 Å². The molecule has 0 fully saturated rings. The van der Waals surface area contributed by atoms with Crippen LogP contribution in [-0.4, -0.2) is 4.98 Å². The quantitative estimate of drug-likeness (QED) is 0.737. The van der Waals surface area contributed by atoms with E-state index in [0.29, 0.717) is 10.6 Å². The lowest BCUT2D eigenvalue weighted by molar-refractivity contribution is 1.21. The Hall–Kier alpha value is -3.54. The van der Waals surface area contributed by atoms with E-state index in [9.17, 15) is 15.3 Å². The predicted octanol–water partition coefficient (Wildman–Crippen LogP) is 3.69. The maximum Gasteiger partial charge on any atom is 0.268 e. The normalized spacial score (nSPS) is 10.0. The smallest absolute Gasteiger partial charge is 0.268 e. The van der Waals surface area contributed by atoms with Crippen LogP contribution in [0, 0.1) is 22.7 Å². The number of nitrogen functional groups attached to an aromatic ring is 1. The summed E-state index contributed by atoms with van der Waals surface area (Å²) in [6.45, 7) is 0. The Morgan fingerprint density at radius 3 is 2.16 bits per heavy atom. The van der Waals surface area contributed by atoms with E-state index in [0.717, 1.165) is 11.1 Å². The van der Waals surface area contributed by atoms with Gasteiger partial charge in [-0.15, -0.1) is 0 Å². The molecule has 3 N–H and O–H groups in total. The summed E-state index contributed by atoms with van der Waals surface area (Å²) >= 11 is 6.04. The number of hydrogen-bond donors (Lipinski definition) is 2. The highest BCUT2D eigenvalue weighted by Crippen LogP contribution is 2.31. The maximum absolute atomic E-state index is 12.0. The fourth-order valence-electron chi connectivity index (χ4n) is 2.65. The van der Waals surface area contributed by atoms with Crippen molar-refractivity contribution in [2.75, 3.05) is 5.73 Å². The van der Waals surface area contributed by atoms with Crippen LogP contribution >= 0.6 is 11.6 Å². The molecule has 0 aliphatic rings. The molecule has 0 unspecified atom stereocenters. The molecule has 0 bridgehead atoms. The summed E-state index contributed by atoms with van der Waals surface area (Å²) < 4.78 is 0. The van der Waals surface area contributed by atoms with Gasteiger partial charge in [0.25, 0.3) is 5.56 Å². The second-order valence-electron chi connectivity index (χ2n) is 5.31. The Bertz CT molecular complexity index is 1120. The second-order valence-corrected chi connectivity index (χ2v) is 5.74. The molecule has 1 aromatic heterocycles. The van der Waals surface area contributed by atoms with Gasteiger partial charge in [-0.25, -0.2) is 0 Å². The number of rotatable bonds is 2. The minimum atomic E-state index is -0.623. The van der Waals surface area contributed by atoms with Crippen molar-refractivity contribution < 1.29 is 0 Å². The molecule has 0 radical (unpaired) electrons. The zero-order valence-electron chi connectivity index (χ0n) is 12.9. The monoisotopic (exact) mass is 346 g/mol. The van der Waals surface area contributed by atoms with E-state index in [2.05, 4.69) is 4.98 Å². The molecule has 120 valence electrons. The van der Waals surface area contributed by atoms with Gasteiger partial charge in [-0.05, 0) is 34.9 Å². The van der Waals surface area contributed by atoms with E-state index in [-0.39, 0.29) is 22.5 Å². The first-order valence-electron chi connectivity index (χ1n) is 7.27. The van der Waals surface area contributed by atoms with Crippen molar-refractivity contribution in [3.63, 3.8) is 0 Å². The fourth-order valence-corrected chi connectivity index (χ4v) is 2.84. The first-order chi connectivity index (χ1) is 12.0. The topological polar surface area (TPSA) is 106 Å². The van der Waals surface area contributed by atoms with Crippen LogP contribution in [0.1, 0.15) is 11.1 Å². The largest absolute Gasteiger partial charge is 0.384 e. The van der Waals surface area contributed by atoms with E-state index in [4.69, 9.17) is 17.3 Å². The average molecular weight is 347 g/mol. The minimum Gasteiger partial charge on any atom is -0.384 e. The van der Waals surface area contributed by atoms with Crippen molar-refractivity contribution in [3.8, 4) is 34.4 Å². The third-order valence-corrected chi connectivity index (χ3v) is 4.01. The first kappa shape index (κ1) is 16.3. The van der Waals surface area contributed by atoms with Crippen molar-refractivity contribution in [2.24, 2.45) is 0 Å². The molecule has 6 heteroatoms. The zero-order valence-corrected chi connectivity index (χ0v) is 13.6. The van der Waals surface area contributed by atoms with Crippen molar-refractivity contribution >= 4 is 17.4 Å². The van der Waals surface area contributed by atoms with Crippen LogP contribution in [0.3, 0.4) is 0 Å². The highest BCUT2D eigenvalue weighted by Gasteiger charge is 2.18. The van der Waals surface area contributed by atoms with Gasteiger partial charge in [-0.2, -0.15) is 10.5 Å². The number of nitrogens with one attached hydrogen (secondary N) is 1. The van der Waals surface area contributed by atoms with E-state index in [1.54, 1.807) is 24.3 Å². The molecule has 5 nitrogen and oxygen atoms in total. The Balaban J connectivity index is 2.29. The first-order valence-corrected chi connectivity index (χ1v) is 7.65. The molecule has 0 aliphatic heterocycles. The van der Waals surface area contributed by atoms with Gasteiger partial charge in [-0.1, -0.05) is 41.9 Å². The van der Waals surface area contributed by atoms with Crippen LogP contribution in [-0.2, 0) is 0 Å². The lowest BCUT2D eigenvalue weighted by atomic mass is 9.94. The molecule has 1 heterocycles. The van der Waals surface area contributed by atoms with Crippen LogP contribution in [0.15, 0.2) is 53.3 Å². The highest BCUT2D eigenvalue weighted by molar-refractivity contribution is 6.30. The van der Waals surface area contributed by atoms with Crippen LogP contribution in [0.4, 0.5) is 5.82 Å². The summed E-state index contributed by atoms with van der Waals surface area (Å²) in [6.07, 6.45) is 0. The standard InChI is InChI=1S/C19H11ClN4O/c20-14-6-2-4-12(8-14)11-3-1-5-13(7-11)17-15(9-21)18(23)24-19(25)16(17)10-22/h1-8H,(H3,23,24,25). The molecule has 2 aromatic carbocycles. The van der Waals surface area contributed by atoms with Gasteiger partial charge in [0.2, 0.25) is 0 Å². The van der Waals surface area contributed by atoms with Gasteiger partial charge in [0, 0.05) is 10.6 Å². The molecule has 0 saturated carbocycles. The number of nitrogens with two attached hydrogens (primary N) is 1. The minimum absolute atomic E-state index is 0.0605. The van der Waals surface area contributed by atoms with Crippen LogP contribution < -0.4 is 11.3 Å². The van der Waals surface area contributed by atoms with E-state index >= 15 is 0 Å². The number of nitrogens with zero attached hydrogens (tertiary/aromatic N) is 2. The Morgan fingerprint density at radius 2 is 1.52 bits per heavy atom. The lowest BCUT2D eigenvalue weighted by Crippen LogP contribution is -2.16. The second kappa shape index (κ2) is 6.52. The average Bonchev–Trinajstić information content (AvgIpc) is 2.61. The van der Waals surface area contributed by atoms with Gasteiger partial charge < -0.3 is 10.7 Å². The fraction of sp³-hybridized carbons (Fsp3) is 0. The van der Waals surface area contributed by atoms with Gasteiger partial charge >= 0.3 is 0 Å². The van der Waals surface area contributed by atoms with Crippen LogP contribution in [0.5, 0.6) is 0 Å². The van der Waals surface area contributed by atoms with E-state index in [1.807, 2.05) is 36.4 Å². The predicted molar refractivity (Wildman–Crippen MR) is 96.8 cm³/mol. The van der Waals surface area contributed by atoms with Gasteiger partial charge in [0.15, 0.2) is 0 Å². The molecule has 0 amide bonds. The van der Waals surface area contributed by atoms with Crippen molar-refractivity contribution in [3.05, 3.63) is 75.0 Å². The third-order valence-electron chi connectivity index (χ3n) is 3.78. The summed E-state index contributed by atoms with van der Waals surface area (Å²) in [6, 6.07) is 18.3. The number of halogens is 1. The number of pyridine rings is 1. The van der Waals surface area contributed by atoms with E-state index < -0.39 is 5.56 Å². The molecular weight excluding hydrogens is 336 g/mol. The molecule has 0 aliphatic carbocycles. The molecule has 3 rings (SSSR count). The number of nitriles is 2. The molecular formula is C19H11ClN4O. The molecule has 25 heavy (non-hydrogen) atoms. The molecule has 0 spiro atoms. The number of anilines is 1. The number of benzene rings is 2. The van der Waals surface area contributed by atoms with Crippen molar-refractivity contribution in [1.29, 1.82) is 10.5 Å². The van der Waals surface area contributed by atoms with E-state index in [1.165, 1.54) is 0 Å². The third kappa shape index (κ3) is 2.97. The van der Waals surface area contributed by atoms with Crippen LogP contribution in [0.25, 0.3) is 22.3 Å². The summed E-state index contributed by atoms with van der Waals surface area (Å²) in [7, 11) is 0. The Labute approximate surface area is 148 Å². The van der Waals surface area contributed by atoms with Crippen molar-refractivity contribution in [2.45, 2.75) is 0 Å². The molecule has 3 aromatic rings. The maximum atomic E-state index is 12.0. The highest BCUT2D eigenvalue weighted by atomic mass is 35.5. The number of H-pyrrole nitrogens is 1.